The van der Waals surface area contributed by atoms with E-state index in [1.807, 2.05) is 0 Å². The highest BCUT2D eigenvalue weighted by Gasteiger charge is 2.53. The number of halogens is 3. The van der Waals surface area contributed by atoms with E-state index in [1.165, 1.54) is 23.6 Å². The Labute approximate surface area is 197 Å². The molecule has 13 heteroatoms. The minimum Gasteiger partial charge on any atom is -0.477 e. The number of thioether (sulfide) groups is 1. The van der Waals surface area contributed by atoms with Crippen LogP contribution in [0.5, 0.6) is 0 Å². The predicted molar refractivity (Wildman–Crippen MR) is 115 cm³/mol. The molecule has 0 radical (unpaired) electrons. The van der Waals surface area contributed by atoms with Crippen molar-refractivity contribution < 1.29 is 33.5 Å². The zero-order valence-electron chi connectivity index (χ0n) is 16.2. The van der Waals surface area contributed by atoms with Crippen LogP contribution in [-0.4, -0.2) is 62.0 Å². The lowest BCUT2D eigenvalue weighted by atomic mass is 10.0. The number of carbonyl (C=O) groups excluding carboxylic acids is 2. The summed E-state index contributed by atoms with van der Waals surface area (Å²) in [5.74, 6) is -1.76. The molecule has 31 heavy (non-hydrogen) atoms. The fraction of sp³-hybridized carbons (Fsp3) is 0.444. The molecule has 3 heterocycles. The van der Waals surface area contributed by atoms with Crippen LogP contribution in [0, 0.1) is 0 Å². The van der Waals surface area contributed by atoms with Crippen LogP contribution in [-0.2, 0) is 30.6 Å². The topological polar surface area (TPSA) is 109 Å². The van der Waals surface area contributed by atoms with E-state index in [4.69, 9.17) is 44.3 Å². The Morgan fingerprint density at radius 3 is 2.61 bits per heavy atom. The van der Waals surface area contributed by atoms with Gasteiger partial charge >= 0.3 is 11.9 Å². The van der Waals surface area contributed by atoms with Gasteiger partial charge in [-0.2, -0.15) is 4.57 Å². The van der Waals surface area contributed by atoms with Gasteiger partial charge in [0.2, 0.25) is 3.79 Å². The normalized spacial score (nSPS) is 20.8. The molecule has 0 aromatic carbocycles. The summed E-state index contributed by atoms with van der Waals surface area (Å²) in [7, 11) is 0. The molecule has 1 amide bonds. The molecule has 2 atom stereocenters. The molecular formula is C18H19Cl3N3O6S+. The van der Waals surface area contributed by atoms with Crippen LogP contribution in [0.3, 0.4) is 0 Å². The number of rotatable bonds is 8. The number of nitrogens with one attached hydrogen (secondary N) is 1. The monoisotopic (exact) mass is 510 g/mol. The first kappa shape index (κ1) is 23.9. The van der Waals surface area contributed by atoms with Gasteiger partial charge in [-0.25, -0.2) is 4.79 Å². The third-order valence-electron chi connectivity index (χ3n) is 4.42. The highest BCUT2D eigenvalue weighted by Crippen LogP contribution is 2.41. The number of ether oxygens (including phenoxy) is 2. The van der Waals surface area contributed by atoms with Gasteiger partial charge in [-0.15, -0.1) is 11.8 Å². The standard InChI is InChI=1S/C18H18Cl3N3O6S/c1-10(25)30-6-11-7-31-16-13(15(26)24(16)14(11)17(27)28)22-12-2-4-23(5-3-12)9-29-8-18(19,20)21/h2-5,13,16H,6-9H2,1H3,(H,27,28)/p+1/t13-,16-/m1/s1. The number of carboxylic acid groups (broad SMARTS) is 1. The van der Waals surface area contributed by atoms with Crippen LogP contribution in [0.25, 0.3) is 0 Å². The highest BCUT2D eigenvalue weighted by molar-refractivity contribution is 8.00. The molecule has 0 saturated carbocycles. The maximum absolute atomic E-state index is 12.7. The van der Waals surface area contributed by atoms with Gasteiger partial charge in [0.1, 0.15) is 30.3 Å². The van der Waals surface area contributed by atoms with Gasteiger partial charge in [-0.05, 0) is 0 Å². The Morgan fingerprint density at radius 1 is 1.35 bits per heavy atom. The first-order valence-electron chi connectivity index (χ1n) is 9.00. The summed E-state index contributed by atoms with van der Waals surface area (Å²) < 4.78 is 10.4. The van der Waals surface area contributed by atoms with Crippen molar-refractivity contribution in [3.05, 3.63) is 35.8 Å². The molecule has 1 aromatic rings. The molecule has 0 bridgehead atoms. The van der Waals surface area contributed by atoms with E-state index in [0.717, 1.165) is 0 Å². The second-order valence-electron chi connectivity index (χ2n) is 6.76. The number of β-lactam (4-membered cyclic amide) rings is 1. The SMILES string of the molecule is CC(=O)OCC1=C(C(=O)O)N2C(=O)[C@@H](Nc3cc[n+](COCC(Cl)(Cl)Cl)cc3)[C@H]2SC1. The summed E-state index contributed by atoms with van der Waals surface area (Å²) in [4.78, 5) is 36.7. The van der Waals surface area contributed by atoms with Crippen molar-refractivity contribution in [2.45, 2.75) is 28.9 Å². The zero-order valence-corrected chi connectivity index (χ0v) is 19.3. The number of fused-ring (bicyclic) bond motifs is 1. The van der Waals surface area contributed by atoms with E-state index in [9.17, 15) is 19.5 Å². The number of hydrogen-bond acceptors (Lipinski definition) is 7. The number of hydrogen-bond donors (Lipinski definition) is 2. The minimum atomic E-state index is -1.49. The third kappa shape index (κ3) is 5.95. The van der Waals surface area contributed by atoms with Gasteiger partial charge in [0.25, 0.3) is 12.6 Å². The number of carbonyl (C=O) groups is 3. The highest BCUT2D eigenvalue weighted by atomic mass is 35.6. The molecule has 0 unspecified atom stereocenters. The number of alkyl halides is 3. The van der Waals surface area contributed by atoms with E-state index < -0.39 is 21.8 Å². The molecule has 2 N–H and O–H groups in total. The Morgan fingerprint density at radius 2 is 2.03 bits per heavy atom. The number of amides is 1. The van der Waals surface area contributed by atoms with E-state index in [2.05, 4.69) is 5.32 Å². The second kappa shape index (κ2) is 9.83. The number of aliphatic carboxylic acids is 1. The quantitative estimate of drug-likeness (QED) is 0.236. The number of esters is 1. The van der Waals surface area contributed by atoms with Gasteiger partial charge in [0.05, 0.1) is 0 Å². The Hall–Kier alpha value is -1.72. The first-order valence-corrected chi connectivity index (χ1v) is 11.2. The third-order valence-corrected chi connectivity index (χ3v) is 6.09. The minimum absolute atomic E-state index is 0.0607. The summed E-state index contributed by atoms with van der Waals surface area (Å²) >= 11 is 18.3. The van der Waals surface area contributed by atoms with Crippen molar-refractivity contribution in [3.8, 4) is 0 Å². The molecule has 2 aliphatic rings. The molecule has 168 valence electrons. The van der Waals surface area contributed by atoms with Crippen LogP contribution in [0.15, 0.2) is 35.8 Å². The molecule has 2 aliphatic heterocycles. The van der Waals surface area contributed by atoms with E-state index in [0.29, 0.717) is 17.0 Å². The number of anilines is 1. The molecule has 1 aromatic heterocycles. The molecule has 0 spiro atoms. The lowest BCUT2D eigenvalue weighted by molar-refractivity contribution is -0.732. The number of nitrogens with zero attached hydrogens (tertiary/aromatic N) is 2. The summed E-state index contributed by atoms with van der Waals surface area (Å²) in [5, 5.41) is 12.3. The van der Waals surface area contributed by atoms with Crippen LogP contribution < -0.4 is 9.88 Å². The largest absolute Gasteiger partial charge is 0.477 e. The maximum atomic E-state index is 12.7. The molecule has 1 fully saturated rings. The lowest BCUT2D eigenvalue weighted by Gasteiger charge is -2.49. The van der Waals surface area contributed by atoms with Gasteiger partial charge in [0.15, 0.2) is 12.4 Å². The van der Waals surface area contributed by atoms with Crippen molar-refractivity contribution >= 4 is 70.1 Å². The van der Waals surface area contributed by atoms with Crippen molar-refractivity contribution in [2.24, 2.45) is 0 Å². The number of carboxylic acids is 1. The average Bonchev–Trinajstić information content (AvgIpc) is 2.69. The van der Waals surface area contributed by atoms with Crippen molar-refractivity contribution in [1.82, 2.24) is 4.90 Å². The fourth-order valence-electron chi connectivity index (χ4n) is 3.07. The van der Waals surface area contributed by atoms with Crippen LogP contribution >= 0.6 is 46.6 Å². The molecule has 1 saturated heterocycles. The number of aromatic nitrogens is 1. The van der Waals surface area contributed by atoms with E-state index >= 15 is 0 Å². The Balaban J connectivity index is 1.62. The van der Waals surface area contributed by atoms with Crippen molar-refractivity contribution in [3.63, 3.8) is 0 Å². The Kier molecular flexibility index (Phi) is 7.59. The summed E-state index contributed by atoms with van der Waals surface area (Å²) in [6, 6.07) is 2.93. The predicted octanol–water partition coefficient (Wildman–Crippen LogP) is 1.92. The summed E-state index contributed by atoms with van der Waals surface area (Å²) in [6.07, 6.45) is 3.46. The molecule has 3 rings (SSSR count). The lowest BCUT2D eigenvalue weighted by Crippen LogP contribution is -2.67. The molecule has 9 nitrogen and oxygen atoms in total. The van der Waals surface area contributed by atoms with Crippen molar-refractivity contribution in [1.29, 1.82) is 0 Å². The average molecular weight is 512 g/mol. The first-order chi connectivity index (χ1) is 14.6. The smallest absolute Gasteiger partial charge is 0.352 e. The van der Waals surface area contributed by atoms with Gasteiger partial charge in [-0.3, -0.25) is 14.5 Å². The van der Waals surface area contributed by atoms with E-state index in [-0.39, 0.29) is 36.9 Å². The molecule has 0 aliphatic carbocycles. The number of pyridine rings is 1. The van der Waals surface area contributed by atoms with Gasteiger partial charge in [0, 0.05) is 36.1 Å². The van der Waals surface area contributed by atoms with Gasteiger partial charge in [-0.1, -0.05) is 34.8 Å². The molecular weight excluding hydrogens is 493 g/mol. The maximum Gasteiger partial charge on any atom is 0.352 e. The fourth-order valence-corrected chi connectivity index (χ4v) is 4.63. The summed E-state index contributed by atoms with van der Waals surface area (Å²) in [6.45, 7) is 1.21. The van der Waals surface area contributed by atoms with E-state index in [1.54, 1.807) is 29.1 Å². The summed E-state index contributed by atoms with van der Waals surface area (Å²) in [5.41, 5.74) is 0.958. The van der Waals surface area contributed by atoms with Crippen molar-refractivity contribution in [2.75, 3.05) is 24.3 Å². The van der Waals surface area contributed by atoms with Crippen LogP contribution in [0.4, 0.5) is 5.69 Å². The van der Waals surface area contributed by atoms with Gasteiger partial charge < -0.3 is 19.9 Å². The second-order valence-corrected chi connectivity index (χ2v) is 10.4. The van der Waals surface area contributed by atoms with Crippen LogP contribution in [0.2, 0.25) is 0 Å². The Bertz CT molecular complexity index is 906. The van der Waals surface area contributed by atoms with Crippen LogP contribution in [0.1, 0.15) is 6.92 Å². The zero-order chi connectivity index (χ0) is 22.8.